The minimum Gasteiger partial charge on any atom is -0.504 e. The molecule has 0 aliphatic heterocycles. The first-order valence-corrected chi connectivity index (χ1v) is 6.92. The fourth-order valence-corrected chi connectivity index (χ4v) is 2.79. The average Bonchev–Trinajstić information content (AvgIpc) is 3.05. The highest BCUT2D eigenvalue weighted by atomic mass is 32.1. The van der Waals surface area contributed by atoms with Crippen molar-refractivity contribution in [3.63, 3.8) is 0 Å². The summed E-state index contributed by atoms with van der Waals surface area (Å²) in [6.07, 6.45) is 0. The van der Waals surface area contributed by atoms with Crippen LogP contribution in [0.15, 0.2) is 46.2 Å². The van der Waals surface area contributed by atoms with Crippen LogP contribution >= 0.6 is 11.3 Å². The maximum atomic E-state index is 13.4. The Hall–Kier alpha value is -2.27. The van der Waals surface area contributed by atoms with Crippen molar-refractivity contribution in [1.82, 2.24) is 0 Å². The summed E-state index contributed by atoms with van der Waals surface area (Å²) in [4.78, 5) is 0.821. The van der Waals surface area contributed by atoms with Crippen molar-refractivity contribution in [2.24, 2.45) is 0 Å². The molecular formula is C15H12FNO2S. The number of furan rings is 1. The Morgan fingerprint density at radius 1 is 1.25 bits per heavy atom. The lowest BCUT2D eigenvalue weighted by molar-refractivity contribution is 0.467. The van der Waals surface area contributed by atoms with E-state index in [1.54, 1.807) is 19.2 Å². The van der Waals surface area contributed by atoms with E-state index in [9.17, 15) is 9.50 Å². The van der Waals surface area contributed by atoms with Crippen molar-refractivity contribution >= 4 is 17.2 Å². The van der Waals surface area contributed by atoms with Crippen molar-refractivity contribution in [1.29, 1.82) is 0 Å². The van der Waals surface area contributed by atoms with Gasteiger partial charge in [-0.15, -0.1) is 11.3 Å². The van der Waals surface area contributed by atoms with Gasteiger partial charge in [0.1, 0.15) is 5.82 Å². The van der Waals surface area contributed by atoms with E-state index in [4.69, 9.17) is 4.42 Å². The molecule has 0 saturated carbocycles. The number of nitrogens with one attached hydrogen (secondary N) is 1. The van der Waals surface area contributed by atoms with E-state index in [0.717, 1.165) is 4.88 Å². The van der Waals surface area contributed by atoms with Gasteiger partial charge in [-0.2, -0.15) is 0 Å². The molecule has 3 nitrogen and oxygen atoms in total. The van der Waals surface area contributed by atoms with Crippen LogP contribution in [0, 0.1) is 5.82 Å². The molecule has 3 aromatic rings. The Morgan fingerprint density at radius 2 is 2.10 bits per heavy atom. The zero-order valence-electron chi connectivity index (χ0n) is 10.7. The van der Waals surface area contributed by atoms with Crippen molar-refractivity contribution < 1.29 is 13.9 Å². The van der Waals surface area contributed by atoms with Crippen LogP contribution in [0.1, 0.15) is 0 Å². The molecule has 0 aliphatic rings. The lowest BCUT2D eigenvalue weighted by atomic mass is 10.1. The number of hydrogen-bond acceptors (Lipinski definition) is 4. The molecule has 102 valence electrons. The second-order valence-corrected chi connectivity index (χ2v) is 5.17. The fourth-order valence-electron chi connectivity index (χ4n) is 2.09. The van der Waals surface area contributed by atoms with Crippen molar-refractivity contribution in [3.05, 3.63) is 47.6 Å². The molecule has 1 aromatic carbocycles. The predicted octanol–water partition coefficient (Wildman–Crippen LogP) is 4.56. The first kappa shape index (κ1) is 12.7. The smallest absolute Gasteiger partial charge is 0.205 e. The van der Waals surface area contributed by atoms with Gasteiger partial charge >= 0.3 is 0 Å². The summed E-state index contributed by atoms with van der Waals surface area (Å²) in [7, 11) is 1.69. The Morgan fingerprint density at radius 3 is 2.75 bits per heavy atom. The van der Waals surface area contributed by atoms with Gasteiger partial charge in [0.2, 0.25) is 5.88 Å². The molecule has 0 aliphatic carbocycles. The van der Waals surface area contributed by atoms with Crippen molar-refractivity contribution in [3.8, 4) is 27.5 Å². The predicted molar refractivity (Wildman–Crippen MR) is 78.6 cm³/mol. The summed E-state index contributed by atoms with van der Waals surface area (Å²) >= 11 is 1.47. The van der Waals surface area contributed by atoms with Crippen LogP contribution in [0.2, 0.25) is 0 Å². The van der Waals surface area contributed by atoms with Gasteiger partial charge in [-0.1, -0.05) is 18.2 Å². The van der Waals surface area contributed by atoms with Crippen LogP contribution in [-0.2, 0) is 0 Å². The standard InChI is InChI=1S/C15H12FNO2S/c1-17-15-12(9-4-2-5-10(16)8-9)13(18)14(19-15)11-6-3-7-20-11/h2-8,17-18H,1H3. The van der Waals surface area contributed by atoms with E-state index >= 15 is 0 Å². The molecule has 0 radical (unpaired) electrons. The molecule has 0 atom stereocenters. The Kier molecular flexibility index (Phi) is 3.20. The Bertz CT molecular complexity index is 734. The first-order chi connectivity index (χ1) is 9.70. The maximum Gasteiger partial charge on any atom is 0.205 e. The van der Waals surface area contributed by atoms with Crippen molar-refractivity contribution in [2.45, 2.75) is 0 Å². The largest absolute Gasteiger partial charge is 0.504 e. The summed E-state index contributed by atoms with van der Waals surface area (Å²) in [6, 6.07) is 9.79. The number of thiophene rings is 1. The molecule has 2 heterocycles. The Labute approximate surface area is 119 Å². The molecule has 5 heteroatoms. The van der Waals surface area contributed by atoms with E-state index in [1.807, 2.05) is 17.5 Å². The highest BCUT2D eigenvalue weighted by Crippen LogP contribution is 2.47. The van der Waals surface area contributed by atoms with Gasteiger partial charge in [0.25, 0.3) is 0 Å². The van der Waals surface area contributed by atoms with E-state index in [1.165, 1.54) is 23.5 Å². The Balaban J connectivity index is 2.20. The number of aromatic hydroxyl groups is 1. The lowest BCUT2D eigenvalue weighted by Gasteiger charge is -2.02. The number of halogens is 1. The molecule has 0 fully saturated rings. The summed E-state index contributed by atoms with van der Waals surface area (Å²) in [5, 5.41) is 15.2. The SMILES string of the molecule is CNc1oc(-c2cccs2)c(O)c1-c1cccc(F)c1. The van der Waals surface area contributed by atoms with Crippen LogP contribution in [0.4, 0.5) is 10.3 Å². The third-order valence-corrected chi connectivity index (χ3v) is 3.84. The minimum atomic E-state index is -0.358. The molecule has 0 unspecified atom stereocenters. The summed E-state index contributed by atoms with van der Waals surface area (Å²) in [5.41, 5.74) is 1.04. The second-order valence-electron chi connectivity index (χ2n) is 4.22. The van der Waals surface area contributed by atoms with Gasteiger partial charge in [-0.3, -0.25) is 0 Å². The third-order valence-electron chi connectivity index (χ3n) is 2.97. The van der Waals surface area contributed by atoms with Crippen molar-refractivity contribution in [2.75, 3.05) is 12.4 Å². The number of anilines is 1. The number of hydrogen-bond donors (Lipinski definition) is 2. The topological polar surface area (TPSA) is 45.4 Å². The van der Waals surface area contributed by atoms with Gasteiger partial charge < -0.3 is 14.8 Å². The molecule has 0 saturated heterocycles. The van der Waals surface area contributed by atoms with Gasteiger partial charge in [0, 0.05) is 7.05 Å². The lowest BCUT2D eigenvalue weighted by Crippen LogP contribution is -1.88. The van der Waals surface area contributed by atoms with E-state index < -0.39 is 0 Å². The second kappa shape index (κ2) is 5.02. The quantitative estimate of drug-likeness (QED) is 0.743. The molecule has 2 N–H and O–H groups in total. The summed E-state index contributed by atoms with van der Waals surface area (Å²) in [5.74, 6) is 0.463. The number of rotatable bonds is 3. The molecular weight excluding hydrogens is 277 g/mol. The summed E-state index contributed by atoms with van der Waals surface area (Å²) < 4.78 is 19.0. The highest BCUT2D eigenvalue weighted by molar-refractivity contribution is 7.13. The van der Waals surface area contributed by atoms with Crippen LogP contribution in [0.3, 0.4) is 0 Å². The minimum absolute atomic E-state index is 0.0161. The molecule has 2 aromatic heterocycles. The average molecular weight is 289 g/mol. The molecule has 0 spiro atoms. The zero-order chi connectivity index (χ0) is 14.1. The molecule has 20 heavy (non-hydrogen) atoms. The van der Waals surface area contributed by atoms with Crippen LogP contribution < -0.4 is 5.32 Å². The van der Waals surface area contributed by atoms with E-state index in [-0.39, 0.29) is 11.6 Å². The van der Waals surface area contributed by atoms with Gasteiger partial charge in [-0.05, 0) is 29.1 Å². The van der Waals surface area contributed by atoms with Gasteiger partial charge in [0.15, 0.2) is 11.5 Å². The van der Waals surface area contributed by atoms with Gasteiger partial charge in [-0.25, -0.2) is 4.39 Å². The molecule has 3 rings (SSSR count). The first-order valence-electron chi connectivity index (χ1n) is 6.04. The third kappa shape index (κ3) is 2.06. The molecule has 0 bridgehead atoms. The zero-order valence-corrected chi connectivity index (χ0v) is 11.5. The van der Waals surface area contributed by atoms with Crippen LogP contribution in [0.25, 0.3) is 21.8 Å². The van der Waals surface area contributed by atoms with Gasteiger partial charge in [0.05, 0.1) is 10.4 Å². The monoisotopic (exact) mass is 289 g/mol. The van der Waals surface area contributed by atoms with Crippen LogP contribution in [0.5, 0.6) is 5.75 Å². The number of benzene rings is 1. The fraction of sp³-hybridized carbons (Fsp3) is 0.0667. The van der Waals surface area contributed by atoms with E-state index in [0.29, 0.717) is 22.8 Å². The highest BCUT2D eigenvalue weighted by Gasteiger charge is 2.22. The normalized spacial score (nSPS) is 10.7. The van der Waals surface area contributed by atoms with Crippen LogP contribution in [-0.4, -0.2) is 12.2 Å². The molecule has 0 amide bonds. The summed E-state index contributed by atoms with van der Waals surface area (Å²) in [6.45, 7) is 0. The maximum absolute atomic E-state index is 13.4. The van der Waals surface area contributed by atoms with E-state index in [2.05, 4.69) is 5.32 Å².